The van der Waals surface area contributed by atoms with Crippen LogP contribution in [0.3, 0.4) is 0 Å². The minimum absolute atomic E-state index is 0.165. The number of aromatic amines is 1. The second kappa shape index (κ2) is 8.79. The number of furan rings is 1. The normalized spacial score (nSPS) is 11.3. The molecule has 1 N–H and O–H groups in total. The van der Waals surface area contributed by atoms with E-state index in [1.807, 2.05) is 13.0 Å². The van der Waals surface area contributed by atoms with Gasteiger partial charge in [-0.3, -0.25) is 9.59 Å². The average molecular weight is 417 g/mol. The van der Waals surface area contributed by atoms with Crippen molar-refractivity contribution in [1.29, 1.82) is 0 Å². The van der Waals surface area contributed by atoms with Crippen LogP contribution in [0.1, 0.15) is 18.5 Å². The molecule has 2 aromatic heterocycles. The van der Waals surface area contributed by atoms with Crippen molar-refractivity contribution in [3.05, 3.63) is 94.5 Å². The van der Waals surface area contributed by atoms with Crippen LogP contribution in [0.25, 0.3) is 28.3 Å². The van der Waals surface area contributed by atoms with Gasteiger partial charge in [-0.2, -0.15) is 0 Å². The van der Waals surface area contributed by atoms with Crippen LogP contribution in [-0.4, -0.2) is 27.3 Å². The van der Waals surface area contributed by atoms with Crippen LogP contribution in [0, 0.1) is 5.82 Å². The summed E-state index contributed by atoms with van der Waals surface area (Å²) in [5.74, 6) is 0.585. The number of halogens is 1. The number of carbonyl (C=O) groups excluding carboxylic acids is 1. The molecule has 156 valence electrons. The van der Waals surface area contributed by atoms with E-state index in [4.69, 9.17) is 4.42 Å². The number of hydrogen-bond acceptors (Lipinski definition) is 4. The number of nitrogens with one attached hydrogen (secondary N) is 1. The average Bonchev–Trinajstić information content (AvgIpc) is 3.25. The molecule has 0 radical (unpaired) electrons. The van der Waals surface area contributed by atoms with Gasteiger partial charge in [-0.05, 0) is 49.4 Å². The molecule has 0 spiro atoms. The second-order valence-electron chi connectivity index (χ2n) is 6.90. The lowest BCUT2D eigenvalue weighted by molar-refractivity contribution is -0.126. The summed E-state index contributed by atoms with van der Waals surface area (Å²) in [7, 11) is 0. The molecule has 2 heterocycles. The molecular weight excluding hydrogens is 397 g/mol. The summed E-state index contributed by atoms with van der Waals surface area (Å²) in [6, 6.07) is 16.7. The van der Waals surface area contributed by atoms with Gasteiger partial charge in [0, 0.05) is 12.6 Å². The highest BCUT2D eigenvalue weighted by Gasteiger charge is 2.13. The van der Waals surface area contributed by atoms with Crippen LogP contribution in [0.4, 0.5) is 4.39 Å². The summed E-state index contributed by atoms with van der Waals surface area (Å²) < 4.78 is 19.6. The smallest absolute Gasteiger partial charge is 0.258 e. The number of likely N-dealkylation sites (N-methyl/N-ethyl adjacent to an activating group) is 1. The molecule has 0 fully saturated rings. The summed E-state index contributed by atoms with van der Waals surface area (Å²) >= 11 is 0. The molecule has 7 heteroatoms. The lowest BCUT2D eigenvalue weighted by atomic mass is 10.1. The van der Waals surface area contributed by atoms with Crippen LogP contribution in [0.2, 0.25) is 0 Å². The topological polar surface area (TPSA) is 79.2 Å². The first-order chi connectivity index (χ1) is 15.0. The molecule has 0 aliphatic heterocycles. The molecule has 0 aliphatic carbocycles. The van der Waals surface area contributed by atoms with Gasteiger partial charge in [0.25, 0.3) is 5.56 Å². The van der Waals surface area contributed by atoms with E-state index in [2.05, 4.69) is 9.97 Å². The lowest BCUT2D eigenvalue weighted by Gasteiger charge is -2.18. The van der Waals surface area contributed by atoms with Crippen molar-refractivity contribution in [1.82, 2.24) is 14.9 Å². The van der Waals surface area contributed by atoms with Gasteiger partial charge >= 0.3 is 0 Å². The molecule has 1 amide bonds. The number of amides is 1. The number of aromatic nitrogens is 2. The standard InChI is InChI=1S/C24H20FN3O3/c1-2-28(15-22-26-20-10-6-4-8-18(20)24(30)27-22)23(29)14-12-16-11-13-21(31-16)17-7-3-5-9-19(17)25/h3-14H,2,15H2,1H3,(H,26,27,30)/b14-12+. The summed E-state index contributed by atoms with van der Waals surface area (Å²) in [6.45, 7) is 2.44. The zero-order valence-corrected chi connectivity index (χ0v) is 16.8. The van der Waals surface area contributed by atoms with Crippen molar-refractivity contribution in [3.63, 3.8) is 0 Å². The summed E-state index contributed by atoms with van der Waals surface area (Å²) in [5.41, 5.74) is 0.697. The molecule has 2 aromatic carbocycles. The molecule has 0 bridgehead atoms. The number of benzene rings is 2. The van der Waals surface area contributed by atoms with E-state index in [0.717, 1.165) is 0 Å². The van der Waals surface area contributed by atoms with E-state index < -0.39 is 0 Å². The Labute approximate surface area is 177 Å². The monoisotopic (exact) mass is 417 g/mol. The van der Waals surface area contributed by atoms with Gasteiger partial charge in [0.05, 0.1) is 23.0 Å². The van der Waals surface area contributed by atoms with Crippen molar-refractivity contribution in [2.45, 2.75) is 13.5 Å². The second-order valence-corrected chi connectivity index (χ2v) is 6.90. The first-order valence-corrected chi connectivity index (χ1v) is 9.85. The highest BCUT2D eigenvalue weighted by Crippen LogP contribution is 2.25. The van der Waals surface area contributed by atoms with Crippen molar-refractivity contribution in [3.8, 4) is 11.3 Å². The Morgan fingerprint density at radius 3 is 2.71 bits per heavy atom. The first kappa shape index (κ1) is 20.3. The molecule has 0 saturated heterocycles. The molecule has 0 aliphatic rings. The minimum atomic E-state index is -0.377. The van der Waals surface area contributed by atoms with Gasteiger partial charge in [0.2, 0.25) is 5.91 Å². The third-order valence-corrected chi connectivity index (χ3v) is 4.85. The van der Waals surface area contributed by atoms with E-state index in [9.17, 15) is 14.0 Å². The van der Waals surface area contributed by atoms with Crippen LogP contribution < -0.4 is 5.56 Å². The predicted octanol–water partition coefficient (Wildman–Crippen LogP) is 4.38. The molecule has 0 atom stereocenters. The van der Waals surface area contributed by atoms with Gasteiger partial charge in [-0.15, -0.1) is 0 Å². The number of hydrogen-bond donors (Lipinski definition) is 1. The zero-order chi connectivity index (χ0) is 21.8. The SMILES string of the molecule is CCN(Cc1nc2ccccc2c(=O)[nH]1)C(=O)/C=C/c1ccc(-c2ccccc2F)o1. The van der Waals surface area contributed by atoms with Gasteiger partial charge < -0.3 is 14.3 Å². The molecule has 31 heavy (non-hydrogen) atoms. The molecule has 0 saturated carbocycles. The molecule has 0 unspecified atom stereocenters. The Morgan fingerprint density at radius 1 is 1.13 bits per heavy atom. The molecule has 6 nitrogen and oxygen atoms in total. The molecule has 4 aromatic rings. The molecule has 4 rings (SSSR count). The summed E-state index contributed by atoms with van der Waals surface area (Å²) in [4.78, 5) is 33.6. The highest BCUT2D eigenvalue weighted by molar-refractivity contribution is 5.91. The van der Waals surface area contributed by atoms with Gasteiger partial charge in [-0.1, -0.05) is 24.3 Å². The van der Waals surface area contributed by atoms with Gasteiger partial charge in [0.1, 0.15) is 23.2 Å². The number of H-pyrrole nitrogens is 1. The van der Waals surface area contributed by atoms with Crippen molar-refractivity contribution in [2.24, 2.45) is 0 Å². The Balaban J connectivity index is 1.49. The Bertz CT molecular complexity index is 1320. The number of para-hydroxylation sites is 1. The third-order valence-electron chi connectivity index (χ3n) is 4.85. The van der Waals surface area contributed by atoms with E-state index in [0.29, 0.717) is 40.4 Å². The maximum Gasteiger partial charge on any atom is 0.258 e. The fourth-order valence-corrected chi connectivity index (χ4v) is 3.24. The van der Waals surface area contributed by atoms with Crippen molar-refractivity contribution >= 4 is 22.9 Å². The van der Waals surface area contributed by atoms with E-state index in [1.165, 1.54) is 18.2 Å². The first-order valence-electron chi connectivity index (χ1n) is 9.85. The minimum Gasteiger partial charge on any atom is -0.457 e. The maximum absolute atomic E-state index is 13.9. The van der Waals surface area contributed by atoms with Crippen LogP contribution in [0.15, 0.2) is 76.0 Å². The lowest BCUT2D eigenvalue weighted by Crippen LogP contribution is -2.30. The van der Waals surface area contributed by atoms with E-state index >= 15 is 0 Å². The number of rotatable bonds is 6. The van der Waals surface area contributed by atoms with Gasteiger partial charge in [-0.25, -0.2) is 9.37 Å². The van der Waals surface area contributed by atoms with E-state index in [-0.39, 0.29) is 23.8 Å². The quantitative estimate of drug-likeness (QED) is 0.472. The van der Waals surface area contributed by atoms with Crippen molar-refractivity contribution in [2.75, 3.05) is 6.54 Å². The Morgan fingerprint density at radius 2 is 1.90 bits per heavy atom. The van der Waals surface area contributed by atoms with Crippen LogP contribution >= 0.6 is 0 Å². The Hall–Kier alpha value is -4.00. The number of carbonyl (C=O) groups is 1. The fourth-order valence-electron chi connectivity index (χ4n) is 3.24. The van der Waals surface area contributed by atoms with E-state index in [1.54, 1.807) is 53.4 Å². The zero-order valence-electron chi connectivity index (χ0n) is 16.8. The van der Waals surface area contributed by atoms with Crippen LogP contribution in [0.5, 0.6) is 0 Å². The number of fused-ring (bicyclic) bond motifs is 1. The third kappa shape index (κ3) is 4.45. The largest absolute Gasteiger partial charge is 0.457 e. The molecular formula is C24H20FN3O3. The van der Waals surface area contributed by atoms with Crippen LogP contribution in [-0.2, 0) is 11.3 Å². The predicted molar refractivity (Wildman–Crippen MR) is 117 cm³/mol. The highest BCUT2D eigenvalue weighted by atomic mass is 19.1. The fraction of sp³-hybridized carbons (Fsp3) is 0.125. The maximum atomic E-state index is 13.9. The van der Waals surface area contributed by atoms with Gasteiger partial charge in [0.15, 0.2) is 0 Å². The summed E-state index contributed by atoms with van der Waals surface area (Å²) in [6.07, 6.45) is 2.92. The summed E-state index contributed by atoms with van der Waals surface area (Å²) in [5, 5.41) is 0.504. The van der Waals surface area contributed by atoms with Crippen molar-refractivity contribution < 1.29 is 13.6 Å². The number of nitrogens with zero attached hydrogens (tertiary/aromatic N) is 2. The Kier molecular flexibility index (Phi) is 5.75.